The molecule has 1 aromatic rings. The Morgan fingerprint density at radius 2 is 2.07 bits per heavy atom. The standard InChI is InChI=1S/C11H16N2O2/c1-2-15-13-11(14)7-9-5-3-4-6-10(9)8-12/h3-6H,2,7-8,12H2,1H3,(H,13,14). The molecule has 82 valence electrons. The molecule has 4 nitrogen and oxygen atoms in total. The van der Waals surface area contributed by atoms with Crippen molar-refractivity contribution in [3.63, 3.8) is 0 Å². The lowest BCUT2D eigenvalue weighted by molar-refractivity contribution is -0.132. The van der Waals surface area contributed by atoms with Crippen LogP contribution in [0.15, 0.2) is 24.3 Å². The largest absolute Gasteiger partial charge is 0.326 e. The topological polar surface area (TPSA) is 64.3 Å². The molecule has 0 aliphatic rings. The van der Waals surface area contributed by atoms with Crippen LogP contribution in [0.3, 0.4) is 0 Å². The van der Waals surface area contributed by atoms with Gasteiger partial charge in [0.15, 0.2) is 0 Å². The average Bonchev–Trinajstić information content (AvgIpc) is 2.27. The van der Waals surface area contributed by atoms with Crippen LogP contribution in [-0.2, 0) is 22.6 Å². The fourth-order valence-electron chi connectivity index (χ4n) is 1.29. The molecular weight excluding hydrogens is 192 g/mol. The van der Waals surface area contributed by atoms with Crippen molar-refractivity contribution in [1.82, 2.24) is 5.48 Å². The maximum Gasteiger partial charge on any atom is 0.247 e. The van der Waals surface area contributed by atoms with Gasteiger partial charge in [0.1, 0.15) is 0 Å². The summed E-state index contributed by atoms with van der Waals surface area (Å²) in [7, 11) is 0. The molecule has 0 aliphatic carbocycles. The fourth-order valence-corrected chi connectivity index (χ4v) is 1.29. The number of hydrogen-bond donors (Lipinski definition) is 2. The van der Waals surface area contributed by atoms with Gasteiger partial charge in [0.25, 0.3) is 0 Å². The van der Waals surface area contributed by atoms with Crippen LogP contribution in [-0.4, -0.2) is 12.5 Å². The van der Waals surface area contributed by atoms with E-state index in [4.69, 9.17) is 10.6 Å². The third kappa shape index (κ3) is 3.69. The van der Waals surface area contributed by atoms with Crippen molar-refractivity contribution in [3.05, 3.63) is 35.4 Å². The van der Waals surface area contributed by atoms with Gasteiger partial charge in [0, 0.05) is 6.54 Å². The molecule has 1 rings (SSSR count). The molecular formula is C11H16N2O2. The van der Waals surface area contributed by atoms with Crippen LogP contribution in [0.25, 0.3) is 0 Å². The molecule has 0 fully saturated rings. The smallest absolute Gasteiger partial charge is 0.247 e. The summed E-state index contributed by atoms with van der Waals surface area (Å²) in [5.74, 6) is -0.155. The van der Waals surface area contributed by atoms with E-state index in [1.165, 1.54) is 0 Å². The molecule has 1 amide bonds. The van der Waals surface area contributed by atoms with E-state index in [0.717, 1.165) is 11.1 Å². The minimum atomic E-state index is -0.155. The van der Waals surface area contributed by atoms with E-state index in [1.54, 1.807) is 0 Å². The first-order valence-corrected chi connectivity index (χ1v) is 4.95. The summed E-state index contributed by atoms with van der Waals surface area (Å²) in [5.41, 5.74) is 9.85. The summed E-state index contributed by atoms with van der Waals surface area (Å²) in [4.78, 5) is 16.2. The van der Waals surface area contributed by atoms with E-state index < -0.39 is 0 Å². The lowest BCUT2D eigenvalue weighted by atomic mass is 10.0. The molecule has 0 spiro atoms. The Labute approximate surface area is 89.4 Å². The molecule has 0 saturated heterocycles. The molecule has 4 heteroatoms. The van der Waals surface area contributed by atoms with E-state index in [9.17, 15) is 4.79 Å². The second-order valence-corrected chi connectivity index (χ2v) is 3.11. The van der Waals surface area contributed by atoms with Crippen molar-refractivity contribution in [2.24, 2.45) is 5.73 Å². The monoisotopic (exact) mass is 208 g/mol. The Morgan fingerprint density at radius 1 is 1.40 bits per heavy atom. The summed E-state index contributed by atoms with van der Waals surface area (Å²) in [6.07, 6.45) is 0.299. The zero-order valence-electron chi connectivity index (χ0n) is 8.82. The molecule has 0 atom stereocenters. The summed E-state index contributed by atoms with van der Waals surface area (Å²) in [6.45, 7) is 2.72. The molecule has 15 heavy (non-hydrogen) atoms. The predicted molar refractivity (Wildman–Crippen MR) is 57.8 cm³/mol. The number of hydrogen-bond acceptors (Lipinski definition) is 3. The number of carbonyl (C=O) groups is 1. The normalized spacial score (nSPS) is 10.0. The maximum absolute atomic E-state index is 11.4. The first-order chi connectivity index (χ1) is 7.27. The van der Waals surface area contributed by atoms with E-state index >= 15 is 0 Å². The zero-order chi connectivity index (χ0) is 11.1. The van der Waals surface area contributed by atoms with Crippen LogP contribution in [0.2, 0.25) is 0 Å². The predicted octanol–water partition coefficient (Wildman–Crippen LogP) is 0.755. The quantitative estimate of drug-likeness (QED) is 0.702. The van der Waals surface area contributed by atoms with Crippen molar-refractivity contribution >= 4 is 5.91 Å². The van der Waals surface area contributed by atoms with Gasteiger partial charge >= 0.3 is 0 Å². The highest BCUT2D eigenvalue weighted by Crippen LogP contribution is 2.08. The second kappa shape index (κ2) is 6.16. The van der Waals surface area contributed by atoms with Crippen LogP contribution < -0.4 is 11.2 Å². The van der Waals surface area contributed by atoms with E-state index in [0.29, 0.717) is 19.6 Å². The van der Waals surface area contributed by atoms with Crippen LogP contribution in [0.5, 0.6) is 0 Å². The third-order valence-corrected chi connectivity index (χ3v) is 2.02. The van der Waals surface area contributed by atoms with Crippen LogP contribution in [0.1, 0.15) is 18.1 Å². The Bertz CT molecular complexity index is 326. The van der Waals surface area contributed by atoms with Gasteiger partial charge in [-0.1, -0.05) is 24.3 Å². The van der Waals surface area contributed by atoms with Gasteiger partial charge < -0.3 is 5.73 Å². The molecule has 3 N–H and O–H groups in total. The number of amides is 1. The Balaban J connectivity index is 2.59. The molecule has 0 heterocycles. The minimum absolute atomic E-state index is 0.155. The Kier molecular flexibility index (Phi) is 4.80. The lowest BCUT2D eigenvalue weighted by Gasteiger charge is -2.07. The minimum Gasteiger partial charge on any atom is -0.326 e. The van der Waals surface area contributed by atoms with E-state index in [1.807, 2.05) is 31.2 Å². The van der Waals surface area contributed by atoms with Crippen molar-refractivity contribution < 1.29 is 9.63 Å². The molecule has 0 radical (unpaired) electrons. The molecule has 0 saturated carbocycles. The number of carbonyl (C=O) groups excluding carboxylic acids is 1. The van der Waals surface area contributed by atoms with Gasteiger partial charge in [-0.2, -0.15) is 0 Å². The van der Waals surface area contributed by atoms with Crippen LogP contribution >= 0.6 is 0 Å². The van der Waals surface area contributed by atoms with Crippen LogP contribution in [0, 0.1) is 0 Å². The first-order valence-electron chi connectivity index (χ1n) is 4.95. The van der Waals surface area contributed by atoms with Gasteiger partial charge in [-0.3, -0.25) is 9.63 Å². The summed E-state index contributed by atoms with van der Waals surface area (Å²) in [5, 5.41) is 0. The second-order valence-electron chi connectivity index (χ2n) is 3.11. The fraction of sp³-hybridized carbons (Fsp3) is 0.364. The number of benzene rings is 1. The summed E-state index contributed by atoms with van der Waals surface area (Å²) >= 11 is 0. The molecule has 0 aromatic heterocycles. The highest BCUT2D eigenvalue weighted by molar-refractivity contribution is 5.77. The van der Waals surface area contributed by atoms with Gasteiger partial charge in [0.2, 0.25) is 5.91 Å². The number of nitrogens with two attached hydrogens (primary N) is 1. The molecule has 0 unspecified atom stereocenters. The molecule has 1 aromatic carbocycles. The van der Waals surface area contributed by atoms with Crippen molar-refractivity contribution in [2.45, 2.75) is 19.9 Å². The Hall–Kier alpha value is -1.39. The van der Waals surface area contributed by atoms with E-state index in [-0.39, 0.29) is 5.91 Å². The summed E-state index contributed by atoms with van der Waals surface area (Å²) in [6, 6.07) is 7.62. The highest BCUT2D eigenvalue weighted by atomic mass is 16.6. The van der Waals surface area contributed by atoms with Gasteiger partial charge in [-0.25, -0.2) is 5.48 Å². The average molecular weight is 208 g/mol. The van der Waals surface area contributed by atoms with Gasteiger partial charge in [0.05, 0.1) is 13.0 Å². The van der Waals surface area contributed by atoms with E-state index in [2.05, 4.69) is 5.48 Å². The van der Waals surface area contributed by atoms with Crippen molar-refractivity contribution in [3.8, 4) is 0 Å². The van der Waals surface area contributed by atoms with Gasteiger partial charge in [-0.15, -0.1) is 0 Å². The number of rotatable bonds is 5. The van der Waals surface area contributed by atoms with Crippen molar-refractivity contribution in [1.29, 1.82) is 0 Å². The Morgan fingerprint density at radius 3 is 2.67 bits per heavy atom. The van der Waals surface area contributed by atoms with Crippen molar-refractivity contribution in [2.75, 3.05) is 6.61 Å². The van der Waals surface area contributed by atoms with Crippen LogP contribution in [0.4, 0.5) is 0 Å². The molecule has 0 bridgehead atoms. The number of hydroxylamine groups is 1. The SMILES string of the molecule is CCONC(=O)Cc1ccccc1CN. The number of nitrogens with one attached hydrogen (secondary N) is 1. The zero-order valence-corrected chi connectivity index (χ0v) is 8.82. The summed E-state index contributed by atoms with van der Waals surface area (Å²) < 4.78 is 0. The third-order valence-electron chi connectivity index (χ3n) is 2.02. The van der Waals surface area contributed by atoms with Gasteiger partial charge in [-0.05, 0) is 18.1 Å². The lowest BCUT2D eigenvalue weighted by Crippen LogP contribution is -2.25. The first kappa shape index (κ1) is 11.7. The maximum atomic E-state index is 11.4. The highest BCUT2D eigenvalue weighted by Gasteiger charge is 2.06. The molecule has 0 aliphatic heterocycles.